The number of hydrogen-bond donors (Lipinski definition) is 0. The van der Waals surface area contributed by atoms with Crippen LogP contribution in [0.4, 0.5) is 4.79 Å². The standard InChI is InChI=1S/C30H27BrN2O5S/c1-2-37-25-14-23(24(31)16-26(25)38-19-20-8-4-3-5-9-20)15-27-29(35)33(30(36)39-27)18-28(34)32-13-12-21-10-6-7-11-22(21)17-32/h3-11,14-16H,2,12-13,17-19H2,1H3/b27-15-. The quantitative estimate of drug-likeness (QED) is 0.291. The minimum absolute atomic E-state index is 0.243. The molecule has 0 aromatic heterocycles. The van der Waals surface area contributed by atoms with Crippen molar-refractivity contribution in [3.63, 3.8) is 0 Å². The number of halogens is 1. The second-order valence-corrected chi connectivity index (χ2v) is 11.0. The van der Waals surface area contributed by atoms with Gasteiger partial charge >= 0.3 is 0 Å². The van der Waals surface area contributed by atoms with E-state index in [9.17, 15) is 14.4 Å². The summed E-state index contributed by atoms with van der Waals surface area (Å²) in [5, 5.41) is -0.457. The molecular formula is C30H27BrN2O5S. The zero-order valence-corrected chi connectivity index (χ0v) is 23.8. The molecule has 2 aliphatic rings. The van der Waals surface area contributed by atoms with Gasteiger partial charge in [0.15, 0.2) is 11.5 Å². The van der Waals surface area contributed by atoms with E-state index in [1.807, 2.05) is 55.5 Å². The van der Waals surface area contributed by atoms with Crippen LogP contribution in [0.5, 0.6) is 11.5 Å². The van der Waals surface area contributed by atoms with Crippen LogP contribution in [0.2, 0.25) is 0 Å². The summed E-state index contributed by atoms with van der Waals surface area (Å²) in [6, 6.07) is 21.4. The molecule has 0 N–H and O–H groups in total. The Kier molecular flexibility index (Phi) is 8.38. The van der Waals surface area contributed by atoms with E-state index in [2.05, 4.69) is 22.0 Å². The molecule has 7 nitrogen and oxygen atoms in total. The van der Waals surface area contributed by atoms with Gasteiger partial charge in [-0.15, -0.1) is 0 Å². The highest BCUT2D eigenvalue weighted by molar-refractivity contribution is 9.10. The Labute approximate surface area is 239 Å². The number of fused-ring (bicyclic) bond motifs is 1. The third-order valence-corrected chi connectivity index (χ3v) is 8.13. The Morgan fingerprint density at radius 2 is 1.72 bits per heavy atom. The fraction of sp³-hybridized carbons (Fsp3) is 0.233. The second-order valence-electron chi connectivity index (χ2n) is 9.13. The number of carbonyl (C=O) groups excluding carboxylic acids is 3. The van der Waals surface area contributed by atoms with E-state index in [4.69, 9.17) is 9.47 Å². The van der Waals surface area contributed by atoms with Crippen molar-refractivity contribution in [1.29, 1.82) is 0 Å². The maximum Gasteiger partial charge on any atom is 0.294 e. The van der Waals surface area contributed by atoms with Crippen molar-refractivity contribution in [3.8, 4) is 11.5 Å². The molecule has 3 amide bonds. The third kappa shape index (κ3) is 6.20. The summed E-state index contributed by atoms with van der Waals surface area (Å²) >= 11 is 4.39. The van der Waals surface area contributed by atoms with Crippen LogP contribution in [0.15, 0.2) is 76.1 Å². The normalized spacial score (nSPS) is 16.0. The predicted octanol–water partition coefficient (Wildman–Crippen LogP) is 6.05. The van der Waals surface area contributed by atoms with E-state index >= 15 is 0 Å². The average Bonchev–Trinajstić information content (AvgIpc) is 3.21. The third-order valence-electron chi connectivity index (χ3n) is 6.54. The maximum atomic E-state index is 13.2. The lowest BCUT2D eigenvalue weighted by molar-refractivity contribution is -0.136. The van der Waals surface area contributed by atoms with Crippen LogP contribution < -0.4 is 9.47 Å². The zero-order chi connectivity index (χ0) is 27.4. The lowest BCUT2D eigenvalue weighted by atomic mass is 10.00. The second kappa shape index (κ2) is 12.1. The summed E-state index contributed by atoms with van der Waals surface area (Å²) in [7, 11) is 0. The Morgan fingerprint density at radius 1 is 1.00 bits per heavy atom. The van der Waals surface area contributed by atoms with Gasteiger partial charge in [-0.25, -0.2) is 0 Å². The molecule has 0 atom stereocenters. The van der Waals surface area contributed by atoms with Crippen LogP contribution in [0.1, 0.15) is 29.2 Å². The molecule has 2 aliphatic heterocycles. The smallest absolute Gasteiger partial charge is 0.294 e. The minimum Gasteiger partial charge on any atom is -0.490 e. The number of hydrogen-bond acceptors (Lipinski definition) is 6. The first-order valence-corrected chi connectivity index (χ1v) is 14.3. The summed E-state index contributed by atoms with van der Waals surface area (Å²) in [5.74, 6) is 0.368. The first kappa shape index (κ1) is 27.0. The van der Waals surface area contributed by atoms with Gasteiger partial charge in [0.25, 0.3) is 11.1 Å². The first-order valence-electron chi connectivity index (χ1n) is 12.7. The van der Waals surface area contributed by atoms with Crippen molar-refractivity contribution in [2.75, 3.05) is 19.7 Å². The van der Waals surface area contributed by atoms with Gasteiger partial charge in [0.1, 0.15) is 13.2 Å². The molecule has 5 rings (SSSR count). The minimum atomic E-state index is -0.481. The number of rotatable bonds is 8. The lowest BCUT2D eigenvalue weighted by Gasteiger charge is -2.29. The highest BCUT2D eigenvalue weighted by Gasteiger charge is 2.37. The highest BCUT2D eigenvalue weighted by atomic mass is 79.9. The molecule has 0 bridgehead atoms. The van der Waals surface area contributed by atoms with Crippen LogP contribution in [-0.2, 0) is 29.2 Å². The Bertz CT molecular complexity index is 1440. The van der Waals surface area contributed by atoms with Gasteiger partial charge in [-0.1, -0.05) is 70.5 Å². The number of imide groups is 1. The van der Waals surface area contributed by atoms with Crippen molar-refractivity contribution in [2.45, 2.75) is 26.5 Å². The SMILES string of the molecule is CCOc1cc(/C=C2\SC(=O)N(CC(=O)N3CCc4ccccc4C3)C2=O)c(Br)cc1OCc1ccccc1. The zero-order valence-electron chi connectivity index (χ0n) is 21.4. The number of thioether (sulfide) groups is 1. The van der Waals surface area contributed by atoms with Crippen molar-refractivity contribution < 1.29 is 23.9 Å². The van der Waals surface area contributed by atoms with E-state index in [1.54, 1.807) is 23.1 Å². The summed E-state index contributed by atoms with van der Waals surface area (Å²) in [5.41, 5.74) is 4.01. The number of carbonyl (C=O) groups is 3. The van der Waals surface area contributed by atoms with E-state index in [0.717, 1.165) is 34.2 Å². The van der Waals surface area contributed by atoms with E-state index in [-0.39, 0.29) is 17.4 Å². The van der Waals surface area contributed by atoms with Gasteiger partial charge in [0, 0.05) is 17.6 Å². The first-order chi connectivity index (χ1) is 18.9. The molecule has 39 heavy (non-hydrogen) atoms. The van der Waals surface area contributed by atoms with E-state index in [0.29, 0.717) is 47.8 Å². The van der Waals surface area contributed by atoms with Gasteiger partial charge in [0.05, 0.1) is 11.5 Å². The molecule has 0 radical (unpaired) electrons. The van der Waals surface area contributed by atoms with Gasteiger partial charge < -0.3 is 14.4 Å². The van der Waals surface area contributed by atoms with Gasteiger partial charge in [0.2, 0.25) is 5.91 Å². The van der Waals surface area contributed by atoms with E-state index < -0.39 is 11.1 Å². The number of ether oxygens (including phenoxy) is 2. The molecular weight excluding hydrogens is 580 g/mol. The van der Waals surface area contributed by atoms with Crippen molar-refractivity contribution in [1.82, 2.24) is 9.80 Å². The fourth-order valence-corrected chi connectivity index (χ4v) is 5.77. The number of benzene rings is 3. The predicted molar refractivity (Wildman–Crippen MR) is 154 cm³/mol. The van der Waals surface area contributed by atoms with Crippen LogP contribution in [0, 0.1) is 0 Å². The molecule has 2 heterocycles. The summed E-state index contributed by atoms with van der Waals surface area (Å²) in [6.45, 7) is 3.46. The van der Waals surface area contributed by atoms with Gasteiger partial charge in [-0.05, 0) is 65.6 Å². The highest BCUT2D eigenvalue weighted by Crippen LogP contribution is 2.38. The topological polar surface area (TPSA) is 76.2 Å². The molecule has 200 valence electrons. The van der Waals surface area contributed by atoms with Gasteiger partial charge in [-0.3, -0.25) is 19.3 Å². The molecule has 3 aromatic rings. The lowest BCUT2D eigenvalue weighted by Crippen LogP contribution is -2.44. The summed E-state index contributed by atoms with van der Waals surface area (Å²) in [4.78, 5) is 41.9. The number of nitrogens with zero attached hydrogens (tertiary/aromatic N) is 2. The number of amides is 3. The molecule has 0 saturated carbocycles. The fourth-order valence-electron chi connectivity index (χ4n) is 4.50. The van der Waals surface area contributed by atoms with Crippen molar-refractivity contribution in [3.05, 3.63) is 98.4 Å². The van der Waals surface area contributed by atoms with Crippen LogP contribution >= 0.6 is 27.7 Å². The molecule has 1 saturated heterocycles. The molecule has 0 aliphatic carbocycles. The summed E-state index contributed by atoms with van der Waals surface area (Å²) < 4.78 is 12.5. The van der Waals surface area contributed by atoms with E-state index in [1.165, 1.54) is 5.56 Å². The molecule has 1 fully saturated rings. The monoisotopic (exact) mass is 606 g/mol. The van der Waals surface area contributed by atoms with Gasteiger partial charge in [-0.2, -0.15) is 0 Å². The summed E-state index contributed by atoms with van der Waals surface area (Å²) in [6.07, 6.45) is 2.39. The Balaban J connectivity index is 1.30. The van der Waals surface area contributed by atoms with Crippen molar-refractivity contribution >= 4 is 50.8 Å². The molecule has 9 heteroatoms. The van der Waals surface area contributed by atoms with Crippen LogP contribution in [0.3, 0.4) is 0 Å². The largest absolute Gasteiger partial charge is 0.490 e. The van der Waals surface area contributed by atoms with Crippen LogP contribution in [-0.4, -0.2) is 46.5 Å². The Hall–Kier alpha value is -3.56. The molecule has 0 unspecified atom stereocenters. The molecule has 0 spiro atoms. The van der Waals surface area contributed by atoms with Crippen molar-refractivity contribution in [2.24, 2.45) is 0 Å². The maximum absolute atomic E-state index is 13.2. The average molecular weight is 608 g/mol. The van der Waals surface area contributed by atoms with Crippen LogP contribution in [0.25, 0.3) is 6.08 Å². The Morgan fingerprint density at radius 3 is 2.49 bits per heavy atom. The molecule has 3 aromatic carbocycles.